The van der Waals surface area contributed by atoms with E-state index in [4.69, 9.17) is 0 Å². The summed E-state index contributed by atoms with van der Waals surface area (Å²) in [4.78, 5) is 2.68. The number of halogens is 1. The van der Waals surface area contributed by atoms with Crippen molar-refractivity contribution < 1.29 is 26.2 Å². The van der Waals surface area contributed by atoms with Crippen LogP contribution < -0.4 is 0 Å². The molecule has 0 amide bonds. The zero-order valence-electron chi connectivity index (χ0n) is 19.8. The third kappa shape index (κ3) is 5.29. The van der Waals surface area contributed by atoms with Crippen LogP contribution in [0.5, 0.6) is 0 Å². The normalized spacial score (nSPS) is 16.8. The molecule has 170 valence electrons. The molecule has 0 fully saturated rings. The second-order valence-electron chi connectivity index (χ2n) is 8.08. The number of rotatable bonds is 1. The number of fused-ring (bicyclic) bond motifs is 4. The van der Waals surface area contributed by atoms with Crippen LogP contribution in [0, 0.1) is 27.0 Å². The van der Waals surface area contributed by atoms with Crippen LogP contribution in [-0.2, 0) is 26.2 Å². The van der Waals surface area contributed by atoms with Crippen LogP contribution in [0.3, 0.4) is 0 Å². The molecule has 0 aromatic heterocycles. The third-order valence-corrected chi connectivity index (χ3v) is 7.90. The molecule has 1 heterocycles. The van der Waals surface area contributed by atoms with Crippen molar-refractivity contribution in [3.05, 3.63) is 156 Å². The van der Waals surface area contributed by atoms with Gasteiger partial charge in [-0.3, -0.25) is 12.2 Å². The molecule has 4 aromatic rings. The predicted molar refractivity (Wildman–Crippen MR) is 150 cm³/mol. The summed E-state index contributed by atoms with van der Waals surface area (Å²) in [5.74, 6) is 0.613. The molecule has 0 spiro atoms. The standard InChI is InChI=1S/C15H10Br.C15H9S.2CH3.Zr/c16-14-8-4-7-12-9-10-13(15(12)14)11-5-2-1-3-6-11;1-3-10-9-11(4-1)16-15-6-2-5-13-12(10)7-8-14(13)15;;;/h1-9,13H;1-6,8-9,12H;2*1H3;/q4*-1;+4. The summed E-state index contributed by atoms with van der Waals surface area (Å²) in [7, 11) is 0. The van der Waals surface area contributed by atoms with Gasteiger partial charge in [-0.15, -0.1) is 29.0 Å². The molecule has 4 aromatic carbocycles. The van der Waals surface area contributed by atoms with Crippen LogP contribution in [0.1, 0.15) is 45.2 Å². The van der Waals surface area contributed by atoms with Crippen LogP contribution >= 0.6 is 27.7 Å². The molecule has 0 nitrogen and oxygen atoms in total. The fourth-order valence-corrected chi connectivity index (χ4v) is 6.26. The van der Waals surface area contributed by atoms with Gasteiger partial charge in [0.25, 0.3) is 0 Å². The minimum atomic E-state index is 0. The van der Waals surface area contributed by atoms with Crippen molar-refractivity contribution in [3.8, 4) is 0 Å². The van der Waals surface area contributed by atoms with Gasteiger partial charge in [0, 0.05) is 9.37 Å². The summed E-state index contributed by atoms with van der Waals surface area (Å²) < 4.78 is 1.17. The maximum absolute atomic E-state index is 3.62. The van der Waals surface area contributed by atoms with Crippen molar-refractivity contribution in [2.24, 2.45) is 0 Å². The van der Waals surface area contributed by atoms with Crippen molar-refractivity contribution in [1.82, 2.24) is 0 Å². The first-order valence-corrected chi connectivity index (χ1v) is 12.3. The second kappa shape index (κ2) is 11.9. The van der Waals surface area contributed by atoms with Crippen molar-refractivity contribution >= 4 is 39.8 Å². The molecule has 3 heteroatoms. The van der Waals surface area contributed by atoms with E-state index in [1.165, 1.54) is 47.6 Å². The van der Waals surface area contributed by atoms with E-state index >= 15 is 0 Å². The summed E-state index contributed by atoms with van der Waals surface area (Å²) in [6.07, 6.45) is 11.1. The molecule has 0 saturated heterocycles. The van der Waals surface area contributed by atoms with Gasteiger partial charge in [-0.2, -0.15) is 11.1 Å². The molecule has 3 aliphatic rings. The molecule has 2 aliphatic carbocycles. The molecule has 6 bridgehead atoms. The molecular weight excluding hydrogens is 588 g/mol. The molecule has 7 rings (SSSR count). The Hall–Kier alpha value is -1.93. The first-order chi connectivity index (χ1) is 15.8. The first kappa shape index (κ1) is 27.7. The van der Waals surface area contributed by atoms with Crippen molar-refractivity contribution in [1.29, 1.82) is 0 Å². The molecule has 2 atom stereocenters. The summed E-state index contributed by atoms with van der Waals surface area (Å²) >= 11 is 5.47. The van der Waals surface area contributed by atoms with Crippen molar-refractivity contribution in [2.75, 3.05) is 0 Å². The molecular formula is C32H25BrSZr. The fourth-order valence-electron chi connectivity index (χ4n) is 4.62. The molecule has 0 radical (unpaired) electrons. The summed E-state index contributed by atoms with van der Waals surface area (Å²) in [5.41, 5.74) is 8.02. The van der Waals surface area contributed by atoms with E-state index in [-0.39, 0.29) is 47.0 Å². The van der Waals surface area contributed by atoms with Gasteiger partial charge in [0.15, 0.2) is 0 Å². The van der Waals surface area contributed by atoms with E-state index in [0.717, 1.165) is 0 Å². The van der Waals surface area contributed by atoms with Crippen LogP contribution in [0.25, 0.3) is 12.2 Å². The van der Waals surface area contributed by atoms with Crippen molar-refractivity contribution in [2.45, 2.75) is 21.6 Å². The zero-order chi connectivity index (χ0) is 21.5. The fraction of sp³-hybridized carbons (Fsp3) is 0.0625. The van der Waals surface area contributed by atoms with Crippen LogP contribution in [0.2, 0.25) is 0 Å². The quantitative estimate of drug-likeness (QED) is 0.193. The predicted octanol–water partition coefficient (Wildman–Crippen LogP) is 9.42. The Labute approximate surface area is 241 Å². The molecule has 35 heavy (non-hydrogen) atoms. The minimum Gasteiger partial charge on any atom is -0.358 e. The Morgan fingerprint density at radius 3 is 2.23 bits per heavy atom. The van der Waals surface area contributed by atoms with E-state index in [9.17, 15) is 0 Å². The van der Waals surface area contributed by atoms with E-state index in [1.807, 2.05) is 17.8 Å². The van der Waals surface area contributed by atoms with Gasteiger partial charge in [0.05, 0.1) is 0 Å². The Kier molecular flexibility index (Phi) is 9.38. The molecule has 1 aliphatic heterocycles. The van der Waals surface area contributed by atoms with Gasteiger partial charge in [-0.1, -0.05) is 117 Å². The second-order valence-corrected chi connectivity index (χ2v) is 10.0. The zero-order valence-corrected chi connectivity index (χ0v) is 24.6. The van der Waals surface area contributed by atoms with Gasteiger partial charge in [0.2, 0.25) is 0 Å². The van der Waals surface area contributed by atoms with Crippen LogP contribution in [0.15, 0.2) is 105 Å². The van der Waals surface area contributed by atoms with E-state index < -0.39 is 0 Å². The van der Waals surface area contributed by atoms with Gasteiger partial charge in [0.1, 0.15) is 0 Å². The van der Waals surface area contributed by atoms with Gasteiger partial charge >= 0.3 is 26.2 Å². The minimum absolute atomic E-state index is 0. The summed E-state index contributed by atoms with van der Waals surface area (Å²) in [6.45, 7) is 0. The van der Waals surface area contributed by atoms with Gasteiger partial charge < -0.3 is 14.9 Å². The topological polar surface area (TPSA) is 0 Å². The maximum Gasteiger partial charge on any atom is 4.00 e. The first-order valence-electron chi connectivity index (χ1n) is 10.7. The SMILES string of the molecule is Brc1cccc2c1C(c1ccccc1)[C-]=C2.[C-]1=Cc2c3cccc2C1c1cccc(c1)S3.[CH3-].[CH3-].[Zr+4]. The van der Waals surface area contributed by atoms with E-state index in [0.29, 0.717) is 5.92 Å². The largest absolute Gasteiger partial charge is 4.00 e. The monoisotopic (exact) mass is 610 g/mol. The van der Waals surface area contributed by atoms with E-state index in [1.54, 1.807) is 0 Å². The summed E-state index contributed by atoms with van der Waals surface area (Å²) in [6, 6.07) is 32.2. The smallest absolute Gasteiger partial charge is 0.358 e. The average Bonchev–Trinajstić information content (AvgIpc) is 3.47. The van der Waals surface area contributed by atoms with E-state index in [2.05, 4.69) is 125 Å². The van der Waals surface area contributed by atoms with Crippen LogP contribution in [-0.4, -0.2) is 0 Å². The maximum atomic E-state index is 3.62. The number of hydrogen-bond acceptors (Lipinski definition) is 1. The molecule has 0 saturated carbocycles. The number of hydrogen-bond donors (Lipinski definition) is 0. The summed E-state index contributed by atoms with van der Waals surface area (Å²) in [5, 5.41) is 0. The Morgan fingerprint density at radius 1 is 0.686 bits per heavy atom. The number of benzene rings is 4. The molecule has 2 unspecified atom stereocenters. The van der Waals surface area contributed by atoms with Crippen molar-refractivity contribution in [3.63, 3.8) is 0 Å². The van der Waals surface area contributed by atoms with Gasteiger partial charge in [-0.05, 0) is 12.1 Å². The molecule has 0 N–H and O–H groups in total. The third-order valence-electron chi connectivity index (χ3n) is 6.14. The van der Waals surface area contributed by atoms with Gasteiger partial charge in [-0.25, -0.2) is 12.2 Å². The average molecular weight is 613 g/mol. The number of allylic oxidation sites excluding steroid dienone is 2. The Balaban J connectivity index is 0.000000180. The van der Waals surface area contributed by atoms with Crippen LogP contribution in [0.4, 0.5) is 0 Å². The Bertz CT molecular complexity index is 1370. The Morgan fingerprint density at radius 2 is 1.40 bits per heavy atom.